The Bertz CT molecular complexity index is 260. The predicted octanol–water partition coefficient (Wildman–Crippen LogP) is 1.16. The summed E-state index contributed by atoms with van der Waals surface area (Å²) in [6.45, 7) is 6.71. The van der Waals surface area contributed by atoms with E-state index in [9.17, 15) is 4.79 Å². The number of nitrogens with zero attached hydrogens (tertiary/aromatic N) is 1. The molecule has 0 aliphatic carbocycles. The van der Waals surface area contributed by atoms with Crippen LogP contribution in [-0.4, -0.2) is 30.5 Å². The van der Waals surface area contributed by atoms with Crippen molar-refractivity contribution in [1.29, 1.82) is 0 Å². The Balaban J connectivity index is 1.93. The first kappa shape index (κ1) is 8.60. The highest BCUT2D eigenvalue weighted by Crippen LogP contribution is 2.30. The first-order valence-electron chi connectivity index (χ1n) is 4.71. The smallest absolute Gasteiger partial charge is 0.288 e. The molecule has 3 nitrogen and oxygen atoms in total. The molecule has 0 unspecified atom stereocenters. The second-order valence-electron chi connectivity index (χ2n) is 4.53. The number of ether oxygens (including phenoxy) is 1. The maximum absolute atomic E-state index is 11.6. The number of amides is 1. The molecular formula is C10H15NO2. The van der Waals surface area contributed by atoms with Crippen LogP contribution in [0.5, 0.6) is 0 Å². The zero-order chi connectivity index (χ0) is 9.47. The van der Waals surface area contributed by atoms with Gasteiger partial charge in [0.25, 0.3) is 5.91 Å². The van der Waals surface area contributed by atoms with E-state index in [0.717, 1.165) is 19.5 Å². The highest BCUT2D eigenvalue weighted by Gasteiger charge is 2.38. The van der Waals surface area contributed by atoms with E-state index in [2.05, 4.69) is 13.8 Å². The average molecular weight is 181 g/mol. The van der Waals surface area contributed by atoms with Crippen molar-refractivity contribution in [2.75, 3.05) is 19.7 Å². The standard InChI is InChI=1S/C10H15NO2/c1-10(2)6-11(7-10)9(12)8-4-3-5-13-8/h4H,3,5-7H2,1-2H3. The van der Waals surface area contributed by atoms with Gasteiger partial charge in [-0.1, -0.05) is 13.8 Å². The van der Waals surface area contributed by atoms with Crippen molar-refractivity contribution in [3.05, 3.63) is 11.8 Å². The topological polar surface area (TPSA) is 29.5 Å². The molecule has 0 N–H and O–H groups in total. The van der Waals surface area contributed by atoms with E-state index in [1.807, 2.05) is 11.0 Å². The van der Waals surface area contributed by atoms with E-state index in [4.69, 9.17) is 4.74 Å². The van der Waals surface area contributed by atoms with E-state index >= 15 is 0 Å². The molecule has 2 aliphatic rings. The second-order valence-corrected chi connectivity index (χ2v) is 4.53. The minimum Gasteiger partial charge on any atom is -0.488 e. The van der Waals surface area contributed by atoms with Crippen molar-refractivity contribution in [3.63, 3.8) is 0 Å². The van der Waals surface area contributed by atoms with E-state index in [-0.39, 0.29) is 5.91 Å². The van der Waals surface area contributed by atoms with Gasteiger partial charge in [0, 0.05) is 19.5 Å². The molecule has 3 heteroatoms. The molecule has 0 aromatic heterocycles. The van der Waals surface area contributed by atoms with Crippen molar-refractivity contribution in [3.8, 4) is 0 Å². The molecule has 0 atom stereocenters. The van der Waals surface area contributed by atoms with Gasteiger partial charge in [0.1, 0.15) is 0 Å². The second kappa shape index (κ2) is 2.76. The van der Waals surface area contributed by atoms with Crippen molar-refractivity contribution in [2.24, 2.45) is 5.41 Å². The van der Waals surface area contributed by atoms with Gasteiger partial charge in [0.2, 0.25) is 0 Å². The summed E-state index contributed by atoms with van der Waals surface area (Å²) in [5.74, 6) is 0.618. The fourth-order valence-corrected chi connectivity index (χ4v) is 1.85. The third-order valence-electron chi connectivity index (χ3n) is 2.44. The van der Waals surface area contributed by atoms with Crippen LogP contribution in [0, 0.1) is 5.41 Å². The summed E-state index contributed by atoms with van der Waals surface area (Å²) >= 11 is 0. The van der Waals surface area contributed by atoms with Gasteiger partial charge in [-0.25, -0.2) is 0 Å². The highest BCUT2D eigenvalue weighted by molar-refractivity contribution is 5.92. The summed E-state index contributed by atoms with van der Waals surface area (Å²) in [5, 5.41) is 0. The lowest BCUT2D eigenvalue weighted by atomic mass is 9.84. The maximum atomic E-state index is 11.6. The van der Waals surface area contributed by atoms with Crippen LogP contribution in [0.15, 0.2) is 11.8 Å². The number of rotatable bonds is 1. The van der Waals surface area contributed by atoms with Gasteiger partial charge in [-0.15, -0.1) is 0 Å². The van der Waals surface area contributed by atoms with Crippen LogP contribution in [0.4, 0.5) is 0 Å². The SMILES string of the molecule is CC1(C)CN(C(=O)C2=CCCO2)C1. The molecule has 72 valence electrons. The van der Waals surface area contributed by atoms with Gasteiger partial charge in [-0.05, 0) is 11.5 Å². The molecule has 0 aromatic carbocycles. The minimum absolute atomic E-state index is 0.0665. The van der Waals surface area contributed by atoms with E-state index < -0.39 is 0 Å². The lowest BCUT2D eigenvalue weighted by molar-refractivity contribution is -0.140. The van der Waals surface area contributed by atoms with Crippen LogP contribution < -0.4 is 0 Å². The highest BCUT2D eigenvalue weighted by atomic mass is 16.5. The molecule has 1 amide bonds. The molecule has 0 spiro atoms. The van der Waals surface area contributed by atoms with Gasteiger partial charge >= 0.3 is 0 Å². The fraction of sp³-hybridized carbons (Fsp3) is 0.700. The van der Waals surface area contributed by atoms with Crippen LogP contribution in [-0.2, 0) is 9.53 Å². The summed E-state index contributed by atoms with van der Waals surface area (Å²) in [4.78, 5) is 13.5. The fourth-order valence-electron chi connectivity index (χ4n) is 1.85. The molecule has 0 radical (unpaired) electrons. The van der Waals surface area contributed by atoms with Crippen LogP contribution >= 0.6 is 0 Å². The van der Waals surface area contributed by atoms with E-state index in [1.54, 1.807) is 0 Å². The summed E-state index contributed by atoms with van der Waals surface area (Å²) in [6, 6.07) is 0. The summed E-state index contributed by atoms with van der Waals surface area (Å²) in [6.07, 6.45) is 2.76. The summed E-state index contributed by atoms with van der Waals surface area (Å²) in [7, 11) is 0. The van der Waals surface area contributed by atoms with Gasteiger partial charge in [0.15, 0.2) is 5.76 Å². The maximum Gasteiger partial charge on any atom is 0.288 e. The van der Waals surface area contributed by atoms with E-state index in [0.29, 0.717) is 17.8 Å². The summed E-state index contributed by atoms with van der Waals surface area (Å²) < 4.78 is 5.21. The molecule has 1 saturated heterocycles. The Morgan fingerprint density at radius 3 is 2.69 bits per heavy atom. The molecule has 2 heterocycles. The van der Waals surface area contributed by atoms with Crippen LogP contribution in [0.1, 0.15) is 20.3 Å². The van der Waals surface area contributed by atoms with Gasteiger partial charge < -0.3 is 9.64 Å². The molecule has 13 heavy (non-hydrogen) atoms. The molecule has 2 rings (SSSR count). The zero-order valence-corrected chi connectivity index (χ0v) is 8.17. The van der Waals surface area contributed by atoms with Gasteiger partial charge in [0.05, 0.1) is 6.61 Å². The van der Waals surface area contributed by atoms with Gasteiger partial charge in [-0.3, -0.25) is 4.79 Å². The zero-order valence-electron chi connectivity index (χ0n) is 8.17. The Labute approximate surface area is 78.4 Å². The van der Waals surface area contributed by atoms with Crippen molar-refractivity contribution >= 4 is 5.91 Å². The molecular weight excluding hydrogens is 166 g/mol. The number of hydrogen-bond acceptors (Lipinski definition) is 2. The third kappa shape index (κ3) is 1.55. The summed E-state index contributed by atoms with van der Waals surface area (Å²) in [5.41, 5.74) is 0.300. The Kier molecular flexibility index (Phi) is 1.82. The lowest BCUT2D eigenvalue weighted by Crippen LogP contribution is -2.55. The van der Waals surface area contributed by atoms with E-state index in [1.165, 1.54) is 0 Å². The van der Waals surface area contributed by atoms with Crippen LogP contribution in [0.25, 0.3) is 0 Å². The molecule has 0 saturated carbocycles. The van der Waals surface area contributed by atoms with Crippen molar-refractivity contribution in [1.82, 2.24) is 4.90 Å². The first-order chi connectivity index (χ1) is 6.08. The average Bonchev–Trinajstić information content (AvgIpc) is 2.50. The Morgan fingerprint density at radius 2 is 2.23 bits per heavy atom. The quantitative estimate of drug-likeness (QED) is 0.607. The Morgan fingerprint density at radius 1 is 1.54 bits per heavy atom. The third-order valence-corrected chi connectivity index (χ3v) is 2.44. The molecule has 0 bridgehead atoms. The van der Waals surface area contributed by atoms with Gasteiger partial charge in [-0.2, -0.15) is 0 Å². The number of hydrogen-bond donors (Lipinski definition) is 0. The first-order valence-corrected chi connectivity index (χ1v) is 4.71. The molecule has 2 aliphatic heterocycles. The predicted molar refractivity (Wildman–Crippen MR) is 49.0 cm³/mol. The monoisotopic (exact) mass is 181 g/mol. The minimum atomic E-state index is 0.0665. The lowest BCUT2D eigenvalue weighted by Gasteiger charge is -2.45. The normalized spacial score (nSPS) is 24.8. The number of carbonyl (C=O) groups is 1. The van der Waals surface area contributed by atoms with Crippen LogP contribution in [0.2, 0.25) is 0 Å². The van der Waals surface area contributed by atoms with Crippen molar-refractivity contribution < 1.29 is 9.53 Å². The van der Waals surface area contributed by atoms with Crippen LogP contribution in [0.3, 0.4) is 0 Å². The largest absolute Gasteiger partial charge is 0.488 e. The van der Waals surface area contributed by atoms with Crippen molar-refractivity contribution in [2.45, 2.75) is 20.3 Å². The number of likely N-dealkylation sites (tertiary alicyclic amines) is 1. The number of carbonyl (C=O) groups excluding carboxylic acids is 1. The Hall–Kier alpha value is -0.990. The molecule has 1 fully saturated rings. The molecule has 0 aromatic rings.